The van der Waals surface area contributed by atoms with Crippen LogP contribution in [-0.2, 0) is 0 Å². The van der Waals surface area contributed by atoms with Crippen molar-refractivity contribution in [3.8, 4) is 0 Å². The summed E-state index contributed by atoms with van der Waals surface area (Å²) >= 11 is 5.78. The molecule has 17 heavy (non-hydrogen) atoms. The van der Waals surface area contributed by atoms with Gasteiger partial charge in [-0.2, -0.15) is 0 Å². The zero-order valence-electron chi connectivity index (χ0n) is 9.66. The number of nitrogens with one attached hydrogen (secondary N) is 1. The van der Waals surface area contributed by atoms with E-state index in [9.17, 15) is 4.79 Å². The quantitative estimate of drug-likeness (QED) is 0.849. The molecular formula is C13H17ClN2O. The standard InChI is InChI=1S/C13H17ClN2O/c14-10-7-5-9(6-8-10)13(17)16-12-4-2-1-3-11(12)15/h5-8,11-12H,1-4,15H2,(H,16,17)/t11-,12+/m0/s1. The van der Waals surface area contributed by atoms with Crippen LogP contribution in [0.4, 0.5) is 0 Å². The molecule has 1 aliphatic carbocycles. The highest BCUT2D eigenvalue weighted by atomic mass is 35.5. The van der Waals surface area contributed by atoms with Gasteiger partial charge in [-0.1, -0.05) is 24.4 Å². The Kier molecular flexibility index (Phi) is 4.02. The average Bonchev–Trinajstić information content (AvgIpc) is 2.33. The van der Waals surface area contributed by atoms with Crippen LogP contribution in [0.15, 0.2) is 24.3 Å². The van der Waals surface area contributed by atoms with Gasteiger partial charge in [0.05, 0.1) is 0 Å². The normalized spacial score (nSPS) is 24.4. The first-order valence-electron chi connectivity index (χ1n) is 5.99. The van der Waals surface area contributed by atoms with E-state index in [4.69, 9.17) is 17.3 Å². The predicted octanol–water partition coefficient (Wildman–Crippen LogP) is 2.34. The van der Waals surface area contributed by atoms with Crippen LogP contribution in [0.3, 0.4) is 0 Å². The summed E-state index contributed by atoms with van der Waals surface area (Å²) < 4.78 is 0. The van der Waals surface area contributed by atoms with Crippen molar-refractivity contribution in [3.05, 3.63) is 34.9 Å². The second-order valence-corrected chi connectivity index (χ2v) is 4.97. The molecule has 1 amide bonds. The second-order valence-electron chi connectivity index (χ2n) is 4.54. The van der Waals surface area contributed by atoms with Crippen molar-refractivity contribution in [2.75, 3.05) is 0 Å². The maximum Gasteiger partial charge on any atom is 0.251 e. The number of rotatable bonds is 2. The summed E-state index contributed by atoms with van der Waals surface area (Å²) in [5.74, 6) is -0.0657. The lowest BCUT2D eigenvalue weighted by Gasteiger charge is -2.29. The molecule has 0 spiro atoms. The van der Waals surface area contributed by atoms with E-state index < -0.39 is 0 Å². The summed E-state index contributed by atoms with van der Waals surface area (Å²) in [5, 5.41) is 3.63. The SMILES string of the molecule is N[C@H]1CCCC[C@H]1NC(=O)c1ccc(Cl)cc1. The molecule has 0 aromatic heterocycles. The van der Waals surface area contributed by atoms with Crippen molar-refractivity contribution in [3.63, 3.8) is 0 Å². The van der Waals surface area contributed by atoms with Crippen molar-refractivity contribution >= 4 is 17.5 Å². The van der Waals surface area contributed by atoms with Gasteiger partial charge >= 0.3 is 0 Å². The molecule has 0 unspecified atom stereocenters. The van der Waals surface area contributed by atoms with Crippen LogP contribution >= 0.6 is 11.6 Å². The van der Waals surface area contributed by atoms with Crippen LogP contribution in [0.1, 0.15) is 36.0 Å². The molecule has 2 rings (SSSR count). The van der Waals surface area contributed by atoms with Crippen molar-refractivity contribution in [1.29, 1.82) is 0 Å². The number of nitrogens with two attached hydrogens (primary N) is 1. The molecule has 92 valence electrons. The van der Waals surface area contributed by atoms with E-state index >= 15 is 0 Å². The first-order chi connectivity index (χ1) is 8.16. The van der Waals surface area contributed by atoms with Crippen LogP contribution in [0.2, 0.25) is 5.02 Å². The maximum absolute atomic E-state index is 12.0. The van der Waals surface area contributed by atoms with Gasteiger partial charge in [0.2, 0.25) is 0 Å². The summed E-state index contributed by atoms with van der Waals surface area (Å²) in [4.78, 5) is 12.0. The third-order valence-electron chi connectivity index (χ3n) is 3.24. The molecule has 0 saturated heterocycles. The Morgan fingerprint density at radius 3 is 2.53 bits per heavy atom. The van der Waals surface area contributed by atoms with Gasteiger partial charge in [-0.05, 0) is 37.1 Å². The second kappa shape index (κ2) is 5.52. The third kappa shape index (κ3) is 3.20. The van der Waals surface area contributed by atoms with Crippen molar-refractivity contribution in [2.24, 2.45) is 5.73 Å². The molecule has 3 nitrogen and oxygen atoms in total. The van der Waals surface area contributed by atoms with E-state index in [1.165, 1.54) is 0 Å². The highest BCUT2D eigenvalue weighted by molar-refractivity contribution is 6.30. The van der Waals surface area contributed by atoms with E-state index in [0.717, 1.165) is 25.7 Å². The zero-order chi connectivity index (χ0) is 12.3. The molecule has 1 fully saturated rings. The molecule has 1 aromatic carbocycles. The zero-order valence-corrected chi connectivity index (χ0v) is 10.4. The van der Waals surface area contributed by atoms with E-state index in [-0.39, 0.29) is 18.0 Å². The van der Waals surface area contributed by atoms with Crippen molar-refractivity contribution in [1.82, 2.24) is 5.32 Å². The van der Waals surface area contributed by atoms with Gasteiger partial charge in [-0.25, -0.2) is 0 Å². The number of benzene rings is 1. The fraction of sp³-hybridized carbons (Fsp3) is 0.462. The largest absolute Gasteiger partial charge is 0.348 e. The fourth-order valence-electron chi connectivity index (χ4n) is 2.19. The average molecular weight is 253 g/mol. The minimum absolute atomic E-state index is 0.0657. The molecule has 4 heteroatoms. The van der Waals surface area contributed by atoms with Gasteiger partial charge in [-0.15, -0.1) is 0 Å². The monoisotopic (exact) mass is 252 g/mol. The number of carbonyl (C=O) groups is 1. The van der Waals surface area contributed by atoms with Gasteiger partial charge in [0, 0.05) is 22.7 Å². The molecule has 1 saturated carbocycles. The van der Waals surface area contributed by atoms with Gasteiger partial charge in [0.15, 0.2) is 0 Å². The van der Waals surface area contributed by atoms with Crippen molar-refractivity contribution in [2.45, 2.75) is 37.8 Å². The number of hydrogen-bond acceptors (Lipinski definition) is 2. The summed E-state index contributed by atoms with van der Waals surface area (Å²) in [7, 11) is 0. The first kappa shape index (κ1) is 12.4. The molecule has 0 aliphatic heterocycles. The maximum atomic E-state index is 12.0. The Hall–Kier alpha value is -1.06. The Labute approximate surface area is 106 Å². The first-order valence-corrected chi connectivity index (χ1v) is 6.36. The Balaban J connectivity index is 1.98. The minimum atomic E-state index is -0.0657. The number of hydrogen-bond donors (Lipinski definition) is 2. The van der Waals surface area contributed by atoms with Crippen LogP contribution in [0.5, 0.6) is 0 Å². The lowest BCUT2D eigenvalue weighted by atomic mass is 9.91. The summed E-state index contributed by atoms with van der Waals surface area (Å²) in [6, 6.07) is 7.08. The van der Waals surface area contributed by atoms with Gasteiger partial charge in [0.25, 0.3) is 5.91 Å². The molecule has 0 bridgehead atoms. The van der Waals surface area contributed by atoms with E-state index in [2.05, 4.69) is 5.32 Å². The van der Waals surface area contributed by atoms with E-state index in [1.807, 2.05) is 0 Å². The van der Waals surface area contributed by atoms with Crippen LogP contribution in [0.25, 0.3) is 0 Å². The topological polar surface area (TPSA) is 55.1 Å². The van der Waals surface area contributed by atoms with Crippen LogP contribution in [-0.4, -0.2) is 18.0 Å². The molecule has 2 atom stereocenters. The highest BCUT2D eigenvalue weighted by Crippen LogP contribution is 2.17. The van der Waals surface area contributed by atoms with Gasteiger partial charge < -0.3 is 11.1 Å². The van der Waals surface area contributed by atoms with Crippen LogP contribution in [0, 0.1) is 0 Å². The Morgan fingerprint density at radius 1 is 1.24 bits per heavy atom. The lowest BCUT2D eigenvalue weighted by Crippen LogP contribution is -2.49. The minimum Gasteiger partial charge on any atom is -0.348 e. The summed E-state index contributed by atoms with van der Waals surface area (Å²) in [5.41, 5.74) is 6.63. The smallest absolute Gasteiger partial charge is 0.251 e. The van der Waals surface area contributed by atoms with E-state index in [1.54, 1.807) is 24.3 Å². The molecule has 1 aliphatic rings. The molecular weight excluding hydrogens is 236 g/mol. The van der Waals surface area contributed by atoms with Gasteiger partial charge in [-0.3, -0.25) is 4.79 Å². The fourth-order valence-corrected chi connectivity index (χ4v) is 2.32. The highest BCUT2D eigenvalue weighted by Gasteiger charge is 2.23. The lowest BCUT2D eigenvalue weighted by molar-refractivity contribution is 0.0921. The van der Waals surface area contributed by atoms with E-state index in [0.29, 0.717) is 10.6 Å². The van der Waals surface area contributed by atoms with Crippen LogP contribution < -0.4 is 11.1 Å². The van der Waals surface area contributed by atoms with Gasteiger partial charge in [0.1, 0.15) is 0 Å². The number of halogens is 1. The summed E-state index contributed by atoms with van der Waals surface area (Å²) in [6.45, 7) is 0. The number of carbonyl (C=O) groups excluding carboxylic acids is 1. The molecule has 0 heterocycles. The molecule has 3 N–H and O–H groups in total. The molecule has 0 radical (unpaired) electrons. The Morgan fingerprint density at radius 2 is 1.88 bits per heavy atom. The number of amides is 1. The molecule has 1 aromatic rings. The third-order valence-corrected chi connectivity index (χ3v) is 3.49. The summed E-state index contributed by atoms with van der Waals surface area (Å²) in [6.07, 6.45) is 4.26. The van der Waals surface area contributed by atoms with Crippen molar-refractivity contribution < 1.29 is 4.79 Å². The Bertz CT molecular complexity index is 391. The predicted molar refractivity (Wildman–Crippen MR) is 69.1 cm³/mol.